The summed E-state index contributed by atoms with van der Waals surface area (Å²) >= 11 is 0. The van der Waals surface area contributed by atoms with Gasteiger partial charge in [0.1, 0.15) is 0 Å². The molecule has 0 aromatic heterocycles. The molecule has 0 saturated carbocycles. The van der Waals surface area contributed by atoms with E-state index in [2.05, 4.69) is 5.32 Å². The third-order valence-electron chi connectivity index (χ3n) is 4.87. The van der Waals surface area contributed by atoms with Crippen LogP contribution in [0.3, 0.4) is 0 Å². The lowest BCUT2D eigenvalue weighted by Gasteiger charge is -2.48. The number of rotatable bonds is 5. The van der Waals surface area contributed by atoms with Gasteiger partial charge in [0, 0.05) is 6.42 Å². The second-order valence-electron chi connectivity index (χ2n) is 6.67. The first kappa shape index (κ1) is 18.6. The van der Waals surface area contributed by atoms with Gasteiger partial charge in [0.25, 0.3) is 0 Å². The highest BCUT2D eigenvalue weighted by Crippen LogP contribution is 2.37. The number of ether oxygens (including phenoxy) is 1. The van der Waals surface area contributed by atoms with E-state index in [1.54, 1.807) is 0 Å². The lowest BCUT2D eigenvalue weighted by molar-refractivity contribution is -0.172. The predicted octanol–water partition coefficient (Wildman–Crippen LogP) is 2.84. The van der Waals surface area contributed by atoms with Crippen molar-refractivity contribution in [1.82, 2.24) is 10.2 Å². The number of carbonyl (C=O) groups excluding carboxylic acids is 3. The third kappa shape index (κ3) is 3.56. The van der Waals surface area contributed by atoms with Gasteiger partial charge < -0.3 is 10.1 Å². The fraction of sp³-hybridized carbons (Fsp3) is 0.286. The Labute approximate surface area is 158 Å². The molecule has 2 aromatic rings. The van der Waals surface area contributed by atoms with Gasteiger partial charge in [-0.05, 0) is 18.1 Å². The molecule has 6 heteroatoms. The maximum Gasteiger partial charge on any atom is 0.333 e. The van der Waals surface area contributed by atoms with Crippen LogP contribution in [0.2, 0.25) is 0 Å². The molecule has 1 unspecified atom stereocenters. The second-order valence-corrected chi connectivity index (χ2v) is 6.67. The van der Waals surface area contributed by atoms with Gasteiger partial charge >= 0.3 is 12.0 Å². The quantitative estimate of drug-likeness (QED) is 0.652. The molecule has 1 saturated heterocycles. The second kappa shape index (κ2) is 7.61. The fourth-order valence-electron chi connectivity index (χ4n) is 3.44. The van der Waals surface area contributed by atoms with E-state index in [0.717, 1.165) is 16.0 Å². The van der Waals surface area contributed by atoms with Crippen molar-refractivity contribution < 1.29 is 19.1 Å². The van der Waals surface area contributed by atoms with E-state index in [1.165, 1.54) is 7.11 Å². The Morgan fingerprint density at radius 3 is 2.26 bits per heavy atom. The molecule has 0 bridgehead atoms. The number of esters is 1. The zero-order valence-corrected chi connectivity index (χ0v) is 15.3. The van der Waals surface area contributed by atoms with Crippen LogP contribution in [0.25, 0.3) is 0 Å². The number of hydrogen-bond acceptors (Lipinski definition) is 4. The summed E-state index contributed by atoms with van der Waals surface area (Å²) in [4.78, 5) is 38.7. The molecule has 0 radical (unpaired) electrons. The van der Waals surface area contributed by atoms with Gasteiger partial charge in [0.15, 0.2) is 5.54 Å². The van der Waals surface area contributed by atoms with Crippen molar-refractivity contribution in [1.29, 1.82) is 0 Å². The summed E-state index contributed by atoms with van der Waals surface area (Å²) in [6, 6.07) is 17.8. The van der Waals surface area contributed by atoms with Crippen molar-refractivity contribution in [3.05, 3.63) is 71.8 Å². The molecule has 1 heterocycles. The molecule has 2 aromatic carbocycles. The first-order valence-corrected chi connectivity index (χ1v) is 8.79. The molecular formula is C21H22N2O4. The molecule has 3 amide bonds. The van der Waals surface area contributed by atoms with Crippen LogP contribution < -0.4 is 5.32 Å². The first-order chi connectivity index (χ1) is 13.0. The Hall–Kier alpha value is -3.15. The smallest absolute Gasteiger partial charge is 0.333 e. The molecule has 1 aliphatic rings. The SMILES string of the molecule is COC(=O)C1(Cc2ccccc2)CC(=O)N1C(=O)N[C@H](C)c1ccccc1. The van der Waals surface area contributed by atoms with Gasteiger partial charge in [-0.25, -0.2) is 14.5 Å². The molecule has 3 rings (SSSR count). The average Bonchev–Trinajstić information content (AvgIpc) is 2.67. The Morgan fingerprint density at radius 2 is 1.70 bits per heavy atom. The minimum atomic E-state index is -1.31. The number of likely N-dealkylation sites (tertiary alicyclic amines) is 1. The molecule has 0 aliphatic carbocycles. The molecule has 1 N–H and O–H groups in total. The number of imide groups is 1. The molecule has 6 nitrogen and oxygen atoms in total. The number of urea groups is 1. The van der Waals surface area contributed by atoms with Crippen molar-refractivity contribution in [2.45, 2.75) is 31.3 Å². The van der Waals surface area contributed by atoms with E-state index in [1.807, 2.05) is 67.6 Å². The van der Waals surface area contributed by atoms with E-state index in [0.29, 0.717) is 0 Å². The highest BCUT2D eigenvalue weighted by Gasteiger charge is 2.60. The number of carbonyl (C=O) groups is 3. The van der Waals surface area contributed by atoms with Crippen LogP contribution in [0.4, 0.5) is 4.79 Å². The van der Waals surface area contributed by atoms with Gasteiger partial charge in [0.05, 0.1) is 19.6 Å². The van der Waals surface area contributed by atoms with E-state index >= 15 is 0 Å². The summed E-state index contributed by atoms with van der Waals surface area (Å²) in [5.41, 5.74) is 0.447. The van der Waals surface area contributed by atoms with E-state index in [-0.39, 0.29) is 18.9 Å². The summed E-state index contributed by atoms with van der Waals surface area (Å²) < 4.78 is 4.94. The lowest BCUT2D eigenvalue weighted by atomic mass is 9.78. The minimum Gasteiger partial charge on any atom is -0.467 e. The van der Waals surface area contributed by atoms with Gasteiger partial charge in [-0.2, -0.15) is 0 Å². The van der Waals surface area contributed by atoms with E-state index in [4.69, 9.17) is 4.74 Å². The Bertz CT molecular complexity index is 838. The van der Waals surface area contributed by atoms with Crippen molar-refractivity contribution in [3.8, 4) is 0 Å². The lowest BCUT2D eigenvalue weighted by Crippen LogP contribution is -2.72. The van der Waals surface area contributed by atoms with Crippen LogP contribution in [0.1, 0.15) is 30.5 Å². The highest BCUT2D eigenvalue weighted by molar-refractivity contribution is 6.09. The van der Waals surface area contributed by atoms with E-state index in [9.17, 15) is 14.4 Å². The summed E-state index contributed by atoms with van der Waals surface area (Å²) in [5, 5.41) is 2.81. The summed E-state index contributed by atoms with van der Waals surface area (Å²) in [6.07, 6.45) is 0.168. The van der Waals surface area contributed by atoms with Crippen molar-refractivity contribution in [2.24, 2.45) is 0 Å². The van der Waals surface area contributed by atoms with Crippen LogP contribution in [0, 0.1) is 0 Å². The normalized spacial score (nSPS) is 19.8. The third-order valence-corrected chi connectivity index (χ3v) is 4.87. The summed E-state index contributed by atoms with van der Waals surface area (Å²) in [6.45, 7) is 1.83. The summed E-state index contributed by atoms with van der Waals surface area (Å²) in [7, 11) is 1.26. The maximum atomic E-state index is 12.8. The largest absolute Gasteiger partial charge is 0.467 e. The van der Waals surface area contributed by atoms with Gasteiger partial charge in [0.2, 0.25) is 5.91 Å². The number of amides is 3. The molecule has 0 spiro atoms. The zero-order chi connectivity index (χ0) is 19.4. The van der Waals surface area contributed by atoms with Crippen LogP contribution in [-0.4, -0.2) is 35.5 Å². The fourth-order valence-corrected chi connectivity index (χ4v) is 3.44. The number of methoxy groups -OCH3 is 1. The monoisotopic (exact) mass is 366 g/mol. The Kier molecular flexibility index (Phi) is 5.26. The number of nitrogens with zero attached hydrogens (tertiary/aromatic N) is 1. The molecular weight excluding hydrogens is 344 g/mol. The standard InChI is InChI=1S/C21H22N2O4/c1-15(17-11-7-4-8-12-17)22-20(26)23-18(24)14-21(23,19(25)27-2)13-16-9-5-3-6-10-16/h3-12,15H,13-14H2,1-2H3,(H,22,26)/t15-,21?/m1/s1. The number of β-lactam (4-membered cyclic amide) rings is 1. The van der Waals surface area contributed by atoms with Crippen LogP contribution in [-0.2, 0) is 20.7 Å². The van der Waals surface area contributed by atoms with Gasteiger partial charge in [-0.15, -0.1) is 0 Å². The molecule has 2 atom stereocenters. The average molecular weight is 366 g/mol. The van der Waals surface area contributed by atoms with Crippen LogP contribution >= 0.6 is 0 Å². The molecule has 1 aliphatic heterocycles. The van der Waals surface area contributed by atoms with Crippen molar-refractivity contribution >= 4 is 17.9 Å². The molecule has 1 fully saturated rings. The number of benzene rings is 2. The highest BCUT2D eigenvalue weighted by atomic mass is 16.5. The van der Waals surface area contributed by atoms with Crippen molar-refractivity contribution in [2.75, 3.05) is 7.11 Å². The minimum absolute atomic E-state index is 0.0539. The Balaban J connectivity index is 1.83. The first-order valence-electron chi connectivity index (χ1n) is 8.79. The number of nitrogens with one attached hydrogen (secondary N) is 1. The predicted molar refractivity (Wildman–Crippen MR) is 99.7 cm³/mol. The topological polar surface area (TPSA) is 75.7 Å². The molecule has 140 valence electrons. The van der Waals surface area contributed by atoms with Crippen LogP contribution in [0.15, 0.2) is 60.7 Å². The van der Waals surface area contributed by atoms with Crippen LogP contribution in [0.5, 0.6) is 0 Å². The number of hydrogen-bond donors (Lipinski definition) is 1. The zero-order valence-electron chi connectivity index (χ0n) is 15.3. The van der Waals surface area contributed by atoms with Crippen molar-refractivity contribution in [3.63, 3.8) is 0 Å². The molecule has 27 heavy (non-hydrogen) atoms. The summed E-state index contributed by atoms with van der Waals surface area (Å²) in [5.74, 6) is -0.984. The van der Waals surface area contributed by atoms with E-state index < -0.39 is 23.4 Å². The maximum absolute atomic E-state index is 12.8. The van der Waals surface area contributed by atoms with Gasteiger partial charge in [-0.3, -0.25) is 4.79 Å². The van der Waals surface area contributed by atoms with Gasteiger partial charge in [-0.1, -0.05) is 60.7 Å². The Morgan fingerprint density at radius 1 is 1.11 bits per heavy atom.